The van der Waals surface area contributed by atoms with E-state index in [1.54, 1.807) is 31.4 Å². The third kappa shape index (κ3) is 4.70. The summed E-state index contributed by atoms with van der Waals surface area (Å²) in [5, 5.41) is 9.16. The number of halogens is 1. The predicted octanol–water partition coefficient (Wildman–Crippen LogP) is 6.33. The molecule has 1 aliphatic carbocycles. The number of nitriles is 1. The molecule has 1 fully saturated rings. The molecule has 0 spiro atoms. The molecule has 0 aromatic heterocycles. The average molecular weight is 484 g/mol. The zero-order valence-corrected chi connectivity index (χ0v) is 19.9. The lowest BCUT2D eigenvalue weighted by molar-refractivity contribution is 0.0841. The lowest BCUT2D eigenvalue weighted by Gasteiger charge is -2.31. The van der Waals surface area contributed by atoms with Gasteiger partial charge in [-0.25, -0.2) is 4.39 Å². The highest BCUT2D eigenvalue weighted by Gasteiger charge is 2.37. The van der Waals surface area contributed by atoms with Gasteiger partial charge in [-0.2, -0.15) is 5.26 Å². The minimum Gasteiger partial charge on any atom is -0.493 e. The van der Waals surface area contributed by atoms with Crippen molar-refractivity contribution >= 4 is 11.9 Å². The molecule has 2 atom stereocenters. The molecule has 2 unspecified atom stereocenters. The molecule has 3 aromatic rings. The number of hydrogen-bond acceptors (Lipinski definition) is 5. The number of hydrogen-bond donors (Lipinski definition) is 0. The fourth-order valence-electron chi connectivity index (χ4n) is 4.62. The van der Waals surface area contributed by atoms with Gasteiger partial charge in [-0.05, 0) is 66.8 Å². The maximum atomic E-state index is 14.0. The third-order valence-electron chi connectivity index (χ3n) is 6.86. The Bertz CT molecular complexity index is 1340. The maximum absolute atomic E-state index is 14.0. The van der Waals surface area contributed by atoms with Crippen molar-refractivity contribution < 1.29 is 23.4 Å². The van der Waals surface area contributed by atoms with Gasteiger partial charge in [-0.3, -0.25) is 4.79 Å². The van der Waals surface area contributed by atoms with Crippen molar-refractivity contribution in [3.8, 4) is 23.3 Å². The quantitative estimate of drug-likeness (QED) is 0.393. The number of Topliss-reactive ketones (excluding diaryl/α,β-unsaturated/α-hetero) is 1. The van der Waals surface area contributed by atoms with Crippen LogP contribution in [0.1, 0.15) is 52.2 Å². The highest BCUT2D eigenvalue weighted by Crippen LogP contribution is 2.39. The number of ketones is 1. The van der Waals surface area contributed by atoms with E-state index in [2.05, 4.69) is 6.07 Å². The SMILES string of the molecule is COc1cccc(/C=C/C2Oc3ccc(F)cc3C(=O)C2c2ccc(C#N)cc2)c1OCC1CCC1. The zero-order valence-electron chi connectivity index (χ0n) is 19.9. The Morgan fingerprint density at radius 1 is 1.14 bits per heavy atom. The summed E-state index contributed by atoms with van der Waals surface area (Å²) in [6, 6.07) is 18.6. The summed E-state index contributed by atoms with van der Waals surface area (Å²) in [5.74, 6) is 0.763. The molecule has 1 heterocycles. The standard InChI is InChI=1S/C30H26FNO4/c1-34-27-7-3-6-22(30(27)35-18-20-4-2-5-20)12-14-26-28(21-10-8-19(17-32)9-11-21)29(33)24-16-23(31)13-15-25(24)36-26/h3,6-16,20,26,28H,2,4-5,18H2,1H3/b14-12+. The Labute approximate surface area is 209 Å². The molecule has 2 aliphatic rings. The van der Waals surface area contributed by atoms with E-state index in [1.165, 1.54) is 37.5 Å². The summed E-state index contributed by atoms with van der Waals surface area (Å²) in [6.07, 6.45) is 6.64. The zero-order chi connectivity index (χ0) is 25.1. The Balaban J connectivity index is 1.50. The number of methoxy groups -OCH3 is 1. The van der Waals surface area contributed by atoms with Crippen LogP contribution in [0.3, 0.4) is 0 Å². The van der Waals surface area contributed by atoms with E-state index in [0.29, 0.717) is 40.9 Å². The molecule has 5 rings (SSSR count). The molecule has 0 amide bonds. The molecule has 182 valence electrons. The smallest absolute Gasteiger partial charge is 0.178 e. The Kier molecular flexibility index (Phi) is 6.73. The number of ether oxygens (including phenoxy) is 3. The van der Waals surface area contributed by atoms with Gasteiger partial charge >= 0.3 is 0 Å². The van der Waals surface area contributed by atoms with E-state index >= 15 is 0 Å². The summed E-state index contributed by atoms with van der Waals surface area (Å²) in [7, 11) is 1.61. The van der Waals surface area contributed by atoms with Crippen LogP contribution in [0.25, 0.3) is 6.08 Å². The van der Waals surface area contributed by atoms with Crippen molar-refractivity contribution in [2.75, 3.05) is 13.7 Å². The van der Waals surface area contributed by atoms with Crippen LogP contribution in [-0.2, 0) is 0 Å². The van der Waals surface area contributed by atoms with Gasteiger partial charge < -0.3 is 14.2 Å². The Hall–Kier alpha value is -4.11. The summed E-state index contributed by atoms with van der Waals surface area (Å²) in [5.41, 5.74) is 2.20. The number of carbonyl (C=O) groups is 1. The van der Waals surface area contributed by atoms with Gasteiger partial charge in [0.1, 0.15) is 17.7 Å². The van der Waals surface area contributed by atoms with Crippen molar-refractivity contribution in [3.05, 3.63) is 94.8 Å². The topological polar surface area (TPSA) is 68.5 Å². The number of benzene rings is 3. The minimum atomic E-state index is -0.701. The van der Waals surface area contributed by atoms with Crippen LogP contribution in [0, 0.1) is 23.1 Å². The monoisotopic (exact) mass is 483 g/mol. The Morgan fingerprint density at radius 2 is 1.94 bits per heavy atom. The van der Waals surface area contributed by atoms with E-state index in [0.717, 1.165) is 5.56 Å². The molecule has 5 nitrogen and oxygen atoms in total. The predicted molar refractivity (Wildman–Crippen MR) is 134 cm³/mol. The van der Waals surface area contributed by atoms with Crippen LogP contribution in [0.5, 0.6) is 17.2 Å². The van der Waals surface area contributed by atoms with Crippen LogP contribution in [-0.4, -0.2) is 25.6 Å². The highest BCUT2D eigenvalue weighted by molar-refractivity contribution is 6.05. The van der Waals surface area contributed by atoms with Gasteiger partial charge in [0.25, 0.3) is 0 Å². The lowest BCUT2D eigenvalue weighted by atomic mass is 9.83. The first-order chi connectivity index (χ1) is 17.6. The molecule has 0 bridgehead atoms. The molecule has 36 heavy (non-hydrogen) atoms. The second kappa shape index (κ2) is 10.2. The number of carbonyl (C=O) groups excluding carboxylic acids is 1. The van der Waals surface area contributed by atoms with Gasteiger partial charge in [-0.15, -0.1) is 0 Å². The fourth-order valence-corrected chi connectivity index (χ4v) is 4.62. The average Bonchev–Trinajstić information content (AvgIpc) is 2.87. The summed E-state index contributed by atoms with van der Waals surface area (Å²) in [4.78, 5) is 13.5. The van der Waals surface area contributed by atoms with Gasteiger partial charge in [0.05, 0.1) is 36.8 Å². The minimum absolute atomic E-state index is 0.208. The van der Waals surface area contributed by atoms with Crippen molar-refractivity contribution in [2.45, 2.75) is 31.3 Å². The highest BCUT2D eigenvalue weighted by atomic mass is 19.1. The summed E-state index contributed by atoms with van der Waals surface area (Å²) >= 11 is 0. The van der Waals surface area contributed by atoms with Crippen LogP contribution in [0.2, 0.25) is 0 Å². The van der Waals surface area contributed by atoms with Crippen molar-refractivity contribution in [3.63, 3.8) is 0 Å². The third-order valence-corrected chi connectivity index (χ3v) is 6.86. The van der Waals surface area contributed by atoms with Crippen LogP contribution < -0.4 is 14.2 Å². The molecule has 0 N–H and O–H groups in total. The van der Waals surface area contributed by atoms with Gasteiger partial charge in [0, 0.05) is 5.56 Å². The van der Waals surface area contributed by atoms with Gasteiger partial charge in [0.2, 0.25) is 0 Å². The molecule has 1 saturated carbocycles. The van der Waals surface area contributed by atoms with E-state index in [4.69, 9.17) is 19.5 Å². The van der Waals surface area contributed by atoms with Crippen LogP contribution in [0.15, 0.2) is 66.7 Å². The first kappa shape index (κ1) is 23.6. The summed E-state index contributed by atoms with van der Waals surface area (Å²) in [6.45, 7) is 0.631. The molecule has 0 radical (unpaired) electrons. The first-order valence-electron chi connectivity index (χ1n) is 12.1. The normalized spacial score (nSPS) is 19.2. The second-order valence-electron chi connectivity index (χ2n) is 9.14. The van der Waals surface area contributed by atoms with Gasteiger partial charge in [0.15, 0.2) is 17.3 Å². The van der Waals surface area contributed by atoms with E-state index < -0.39 is 17.8 Å². The van der Waals surface area contributed by atoms with E-state index in [-0.39, 0.29) is 11.3 Å². The second-order valence-corrected chi connectivity index (χ2v) is 9.14. The number of fused-ring (bicyclic) bond motifs is 1. The largest absolute Gasteiger partial charge is 0.493 e. The van der Waals surface area contributed by atoms with Crippen LogP contribution in [0.4, 0.5) is 4.39 Å². The van der Waals surface area contributed by atoms with Crippen molar-refractivity contribution in [1.29, 1.82) is 5.26 Å². The lowest BCUT2D eigenvalue weighted by Crippen LogP contribution is -2.34. The molecule has 0 saturated heterocycles. The van der Waals surface area contributed by atoms with Crippen molar-refractivity contribution in [1.82, 2.24) is 0 Å². The van der Waals surface area contributed by atoms with E-state index in [9.17, 15) is 9.18 Å². The molecule has 1 aliphatic heterocycles. The summed E-state index contributed by atoms with van der Waals surface area (Å²) < 4.78 is 31.9. The van der Waals surface area contributed by atoms with Gasteiger partial charge in [-0.1, -0.05) is 36.8 Å². The first-order valence-corrected chi connectivity index (χ1v) is 12.1. The fraction of sp³-hybridized carbons (Fsp3) is 0.267. The molecule has 3 aromatic carbocycles. The molecular formula is C30H26FNO4. The van der Waals surface area contributed by atoms with Crippen molar-refractivity contribution in [2.24, 2.45) is 5.92 Å². The van der Waals surface area contributed by atoms with E-state index in [1.807, 2.05) is 30.4 Å². The molecule has 6 heteroatoms. The molecular weight excluding hydrogens is 457 g/mol. The maximum Gasteiger partial charge on any atom is 0.178 e. The number of para-hydroxylation sites is 1. The van der Waals surface area contributed by atoms with Crippen LogP contribution >= 0.6 is 0 Å². The number of nitrogens with zero attached hydrogens (tertiary/aromatic N) is 1. The Morgan fingerprint density at radius 3 is 2.64 bits per heavy atom. The number of rotatable bonds is 7.